The Morgan fingerprint density at radius 1 is 1.32 bits per heavy atom. The molecule has 5 heteroatoms. The minimum absolute atomic E-state index is 0.0291. The lowest BCUT2D eigenvalue weighted by atomic mass is 9.81. The van der Waals surface area contributed by atoms with E-state index in [-0.39, 0.29) is 5.91 Å². The van der Waals surface area contributed by atoms with Crippen molar-refractivity contribution < 1.29 is 14.6 Å². The SMILES string of the molecule is CC(C)(O)C(C)(C)OBc1ccc2c(c1)C(=O)NC2. The van der Waals surface area contributed by atoms with Gasteiger partial charge in [0.05, 0.1) is 11.2 Å². The smallest absolute Gasteiger partial charge is 0.309 e. The second kappa shape index (κ2) is 4.65. The molecule has 1 heterocycles. The van der Waals surface area contributed by atoms with Crippen LogP contribution in [0, 0.1) is 0 Å². The largest absolute Gasteiger partial charge is 0.427 e. The van der Waals surface area contributed by atoms with Gasteiger partial charge in [-0.05, 0) is 33.3 Å². The van der Waals surface area contributed by atoms with E-state index in [1.54, 1.807) is 13.8 Å². The van der Waals surface area contributed by atoms with E-state index in [1.165, 1.54) is 0 Å². The fourth-order valence-corrected chi connectivity index (χ4v) is 1.79. The van der Waals surface area contributed by atoms with E-state index in [2.05, 4.69) is 5.32 Å². The maximum Gasteiger partial charge on any atom is 0.309 e. The van der Waals surface area contributed by atoms with Crippen molar-refractivity contribution in [2.24, 2.45) is 0 Å². The molecule has 0 fully saturated rings. The molecule has 102 valence electrons. The van der Waals surface area contributed by atoms with Gasteiger partial charge in [-0.3, -0.25) is 4.79 Å². The standard InChI is InChI=1S/C14H20BNO3/c1-13(2,18)14(3,4)19-15-10-6-5-9-8-16-12(17)11(9)7-10/h5-7,15,18H,8H2,1-4H3,(H,16,17). The third-order valence-corrected chi connectivity index (χ3v) is 3.93. The normalized spacial score (nSPS) is 15.1. The Balaban J connectivity index is 2.09. The van der Waals surface area contributed by atoms with Crippen LogP contribution in [0.25, 0.3) is 0 Å². The lowest BCUT2D eigenvalue weighted by Gasteiger charge is -2.37. The first-order chi connectivity index (χ1) is 8.71. The number of nitrogens with one attached hydrogen (secondary N) is 1. The van der Waals surface area contributed by atoms with Crippen LogP contribution in [0.2, 0.25) is 0 Å². The summed E-state index contributed by atoms with van der Waals surface area (Å²) in [6, 6.07) is 5.76. The molecule has 0 saturated carbocycles. The third-order valence-electron chi connectivity index (χ3n) is 3.93. The minimum Gasteiger partial charge on any atom is -0.427 e. The van der Waals surface area contributed by atoms with Gasteiger partial charge in [0.25, 0.3) is 5.91 Å². The maximum atomic E-state index is 11.6. The summed E-state index contributed by atoms with van der Waals surface area (Å²) in [6.07, 6.45) is 0. The molecule has 1 aromatic carbocycles. The van der Waals surface area contributed by atoms with Crippen LogP contribution >= 0.6 is 0 Å². The maximum absolute atomic E-state index is 11.6. The molecule has 19 heavy (non-hydrogen) atoms. The molecule has 1 aromatic rings. The van der Waals surface area contributed by atoms with E-state index in [4.69, 9.17) is 4.65 Å². The zero-order chi connectivity index (χ0) is 14.3. The zero-order valence-corrected chi connectivity index (χ0v) is 11.9. The summed E-state index contributed by atoms with van der Waals surface area (Å²) < 4.78 is 5.79. The molecule has 0 radical (unpaired) electrons. The Kier molecular flexibility index (Phi) is 3.45. The van der Waals surface area contributed by atoms with E-state index >= 15 is 0 Å². The first kappa shape index (κ1) is 14.1. The minimum atomic E-state index is -0.929. The molecule has 2 rings (SSSR count). The van der Waals surface area contributed by atoms with Gasteiger partial charge in [-0.1, -0.05) is 23.7 Å². The van der Waals surface area contributed by atoms with Gasteiger partial charge < -0.3 is 15.1 Å². The van der Waals surface area contributed by atoms with E-state index < -0.39 is 11.2 Å². The van der Waals surface area contributed by atoms with Crippen LogP contribution < -0.4 is 10.8 Å². The van der Waals surface area contributed by atoms with Crippen LogP contribution in [0.4, 0.5) is 0 Å². The van der Waals surface area contributed by atoms with Gasteiger partial charge >= 0.3 is 7.48 Å². The van der Waals surface area contributed by atoms with Crippen molar-refractivity contribution in [3.8, 4) is 0 Å². The van der Waals surface area contributed by atoms with Gasteiger partial charge in [-0.25, -0.2) is 0 Å². The molecule has 0 saturated heterocycles. The second-order valence-electron chi connectivity index (χ2n) is 6.03. The molecule has 4 nitrogen and oxygen atoms in total. The highest BCUT2D eigenvalue weighted by molar-refractivity contribution is 6.47. The zero-order valence-electron chi connectivity index (χ0n) is 11.9. The van der Waals surface area contributed by atoms with Crippen molar-refractivity contribution in [1.82, 2.24) is 5.32 Å². The Labute approximate surface area is 114 Å². The molecule has 0 spiro atoms. The number of fused-ring (bicyclic) bond motifs is 1. The van der Waals surface area contributed by atoms with E-state index in [1.807, 2.05) is 32.0 Å². The van der Waals surface area contributed by atoms with Crippen LogP contribution in [0.15, 0.2) is 18.2 Å². The number of rotatable bonds is 4. The van der Waals surface area contributed by atoms with Crippen molar-refractivity contribution in [2.45, 2.75) is 45.4 Å². The first-order valence-corrected chi connectivity index (χ1v) is 6.47. The van der Waals surface area contributed by atoms with E-state index in [0.29, 0.717) is 14.0 Å². The summed E-state index contributed by atoms with van der Waals surface area (Å²) in [4.78, 5) is 11.6. The number of aliphatic hydroxyl groups is 1. The summed E-state index contributed by atoms with van der Waals surface area (Å²) in [5, 5.41) is 12.8. The predicted octanol–water partition coefficient (Wildman–Crippen LogP) is 0.473. The van der Waals surface area contributed by atoms with Crippen LogP contribution in [0.3, 0.4) is 0 Å². The Hall–Kier alpha value is -1.33. The molecule has 0 atom stereocenters. The number of hydrogen-bond acceptors (Lipinski definition) is 3. The average molecular weight is 261 g/mol. The second-order valence-corrected chi connectivity index (χ2v) is 6.03. The van der Waals surface area contributed by atoms with Crippen molar-refractivity contribution in [3.63, 3.8) is 0 Å². The van der Waals surface area contributed by atoms with Gasteiger partial charge in [0.2, 0.25) is 0 Å². The quantitative estimate of drug-likeness (QED) is 0.775. The molecular formula is C14H20BNO3. The van der Waals surface area contributed by atoms with E-state index in [0.717, 1.165) is 16.6 Å². The fraction of sp³-hybridized carbons (Fsp3) is 0.500. The number of amides is 1. The molecule has 1 amide bonds. The van der Waals surface area contributed by atoms with Gasteiger partial charge in [0.15, 0.2) is 0 Å². The van der Waals surface area contributed by atoms with Crippen molar-refractivity contribution in [1.29, 1.82) is 0 Å². The number of carbonyl (C=O) groups excluding carboxylic acids is 1. The van der Waals surface area contributed by atoms with Gasteiger partial charge in [-0.15, -0.1) is 0 Å². The summed E-state index contributed by atoms with van der Waals surface area (Å²) in [5.74, 6) is -0.0291. The van der Waals surface area contributed by atoms with Crippen LogP contribution in [-0.4, -0.2) is 29.7 Å². The summed E-state index contributed by atoms with van der Waals surface area (Å²) in [7, 11) is 0.373. The number of hydrogen-bond donors (Lipinski definition) is 2. The molecule has 1 aliphatic heterocycles. The highest BCUT2D eigenvalue weighted by Gasteiger charge is 2.35. The van der Waals surface area contributed by atoms with Crippen molar-refractivity contribution in [3.05, 3.63) is 29.3 Å². The van der Waals surface area contributed by atoms with Crippen molar-refractivity contribution in [2.75, 3.05) is 0 Å². The van der Waals surface area contributed by atoms with Crippen LogP contribution in [0.5, 0.6) is 0 Å². The molecule has 0 bridgehead atoms. The molecule has 0 unspecified atom stereocenters. The first-order valence-electron chi connectivity index (χ1n) is 6.47. The lowest BCUT2D eigenvalue weighted by Crippen LogP contribution is -2.49. The van der Waals surface area contributed by atoms with Crippen LogP contribution in [0.1, 0.15) is 43.6 Å². The van der Waals surface area contributed by atoms with Gasteiger partial charge in [0, 0.05) is 12.1 Å². The number of benzene rings is 1. The van der Waals surface area contributed by atoms with Crippen molar-refractivity contribution >= 4 is 18.9 Å². The summed E-state index contributed by atoms with van der Waals surface area (Å²) in [5.41, 5.74) is 1.10. The average Bonchev–Trinajstić information content (AvgIpc) is 2.67. The Morgan fingerprint density at radius 2 is 2.00 bits per heavy atom. The molecular weight excluding hydrogens is 241 g/mol. The Bertz CT molecular complexity index is 506. The lowest BCUT2D eigenvalue weighted by molar-refractivity contribution is -0.0893. The van der Waals surface area contributed by atoms with Crippen LogP contribution in [-0.2, 0) is 11.2 Å². The van der Waals surface area contributed by atoms with Gasteiger partial charge in [-0.2, -0.15) is 0 Å². The van der Waals surface area contributed by atoms with Gasteiger partial charge in [0.1, 0.15) is 0 Å². The molecule has 0 aliphatic carbocycles. The monoisotopic (exact) mass is 261 g/mol. The summed E-state index contributed by atoms with van der Waals surface area (Å²) >= 11 is 0. The predicted molar refractivity (Wildman–Crippen MR) is 75.9 cm³/mol. The third kappa shape index (κ3) is 2.82. The van der Waals surface area contributed by atoms with E-state index in [9.17, 15) is 9.90 Å². The molecule has 0 aromatic heterocycles. The molecule has 1 aliphatic rings. The number of carbonyl (C=O) groups is 1. The fourth-order valence-electron chi connectivity index (χ4n) is 1.79. The topological polar surface area (TPSA) is 58.6 Å². The highest BCUT2D eigenvalue weighted by atomic mass is 16.5. The summed E-state index contributed by atoms with van der Waals surface area (Å²) in [6.45, 7) is 7.76. The Morgan fingerprint density at radius 3 is 2.63 bits per heavy atom. The highest BCUT2D eigenvalue weighted by Crippen LogP contribution is 2.24. The molecule has 2 N–H and O–H groups in total.